The van der Waals surface area contributed by atoms with E-state index in [4.69, 9.17) is 35.4 Å². The van der Waals surface area contributed by atoms with Crippen LogP contribution in [0.25, 0.3) is 6.08 Å². The van der Waals surface area contributed by atoms with Gasteiger partial charge in [0.25, 0.3) is 5.91 Å². The molecule has 0 atom stereocenters. The molecule has 2 aromatic rings. The minimum absolute atomic E-state index is 0.201. The van der Waals surface area contributed by atoms with E-state index in [0.717, 1.165) is 17.3 Å². The Morgan fingerprint density at radius 3 is 2.64 bits per heavy atom. The summed E-state index contributed by atoms with van der Waals surface area (Å²) in [6.45, 7) is -0.201. The molecular weight excluding hydrogens is 435 g/mol. The fraction of sp³-hybridized carbons (Fsp3) is 0.0500. The van der Waals surface area contributed by atoms with E-state index in [2.05, 4.69) is 5.32 Å². The summed E-state index contributed by atoms with van der Waals surface area (Å²) in [5.74, 6) is -0.721. The van der Waals surface area contributed by atoms with Crippen LogP contribution in [0.4, 0.5) is 5.69 Å². The monoisotopic (exact) mass is 448 g/mol. The molecule has 1 N–H and O–H groups in total. The van der Waals surface area contributed by atoms with Gasteiger partial charge in [-0.2, -0.15) is 0 Å². The molecule has 1 aliphatic heterocycles. The smallest absolute Gasteiger partial charge is 0.266 e. The third-order valence-corrected chi connectivity index (χ3v) is 5.95. The molecule has 1 fully saturated rings. The van der Waals surface area contributed by atoms with Crippen molar-refractivity contribution in [3.63, 3.8) is 0 Å². The van der Waals surface area contributed by atoms with Gasteiger partial charge in [0.2, 0.25) is 5.91 Å². The zero-order valence-corrected chi connectivity index (χ0v) is 17.5. The molecule has 0 bridgehead atoms. The Morgan fingerprint density at radius 2 is 1.89 bits per heavy atom. The van der Waals surface area contributed by atoms with E-state index in [-0.39, 0.29) is 17.5 Å². The van der Waals surface area contributed by atoms with Gasteiger partial charge >= 0.3 is 0 Å². The second kappa shape index (κ2) is 9.39. The second-order valence-corrected chi connectivity index (χ2v) is 8.17. The van der Waals surface area contributed by atoms with Crippen molar-refractivity contribution >= 4 is 75.1 Å². The Balaban J connectivity index is 1.65. The molecule has 1 saturated heterocycles. The number of hydrogen-bond donors (Lipinski definition) is 1. The number of thioether (sulfide) groups is 1. The average molecular weight is 449 g/mol. The Labute approximate surface area is 182 Å². The van der Waals surface area contributed by atoms with Crippen molar-refractivity contribution in [2.45, 2.75) is 0 Å². The molecule has 0 unspecified atom stereocenters. The number of halogens is 2. The first-order chi connectivity index (χ1) is 13.5. The summed E-state index contributed by atoms with van der Waals surface area (Å²) in [7, 11) is 0. The first kappa shape index (κ1) is 20.6. The Hall–Kier alpha value is -2.12. The van der Waals surface area contributed by atoms with E-state index in [0.29, 0.717) is 19.9 Å². The molecule has 0 aromatic heterocycles. The summed E-state index contributed by atoms with van der Waals surface area (Å²) >= 11 is 18.4. The molecule has 1 aliphatic rings. The lowest BCUT2D eigenvalue weighted by Crippen LogP contribution is -2.36. The maximum atomic E-state index is 12.6. The number of allylic oxidation sites excluding steroid dienone is 2. The minimum Gasteiger partial charge on any atom is -0.323 e. The average Bonchev–Trinajstić information content (AvgIpc) is 2.94. The first-order valence-corrected chi connectivity index (χ1v) is 10.1. The lowest BCUT2D eigenvalue weighted by molar-refractivity contribution is -0.126. The fourth-order valence-electron chi connectivity index (χ4n) is 2.39. The van der Waals surface area contributed by atoms with Gasteiger partial charge in [-0.25, -0.2) is 0 Å². The van der Waals surface area contributed by atoms with Crippen LogP contribution in [0.3, 0.4) is 0 Å². The van der Waals surface area contributed by atoms with Crippen molar-refractivity contribution in [2.24, 2.45) is 0 Å². The van der Waals surface area contributed by atoms with Gasteiger partial charge in [0.1, 0.15) is 10.9 Å². The van der Waals surface area contributed by atoms with Gasteiger partial charge in [0.15, 0.2) is 0 Å². The topological polar surface area (TPSA) is 49.4 Å². The summed E-state index contributed by atoms with van der Waals surface area (Å²) in [5, 5.41) is 3.22. The van der Waals surface area contributed by atoms with Crippen molar-refractivity contribution in [1.82, 2.24) is 4.90 Å². The molecule has 3 rings (SSSR count). The van der Waals surface area contributed by atoms with Gasteiger partial charge in [-0.15, -0.1) is 0 Å². The minimum atomic E-state index is -0.415. The lowest BCUT2D eigenvalue weighted by Gasteiger charge is -2.14. The predicted molar refractivity (Wildman–Crippen MR) is 121 cm³/mol. The third-order valence-electron chi connectivity index (χ3n) is 3.74. The number of amides is 2. The highest BCUT2D eigenvalue weighted by Gasteiger charge is 2.33. The van der Waals surface area contributed by atoms with E-state index in [1.807, 2.05) is 36.4 Å². The number of rotatable bonds is 5. The molecule has 0 saturated carbocycles. The van der Waals surface area contributed by atoms with Crippen LogP contribution < -0.4 is 5.32 Å². The number of anilines is 1. The van der Waals surface area contributed by atoms with Crippen molar-refractivity contribution in [3.05, 3.63) is 81.2 Å². The van der Waals surface area contributed by atoms with E-state index in [9.17, 15) is 9.59 Å². The van der Waals surface area contributed by atoms with Crippen LogP contribution in [0.2, 0.25) is 10.0 Å². The van der Waals surface area contributed by atoms with E-state index in [1.165, 1.54) is 4.90 Å². The van der Waals surface area contributed by atoms with Crippen LogP contribution in [-0.2, 0) is 9.59 Å². The summed E-state index contributed by atoms with van der Waals surface area (Å²) in [6, 6.07) is 14.6. The molecular formula is C20H14Cl2N2O2S2. The second-order valence-electron chi connectivity index (χ2n) is 5.71. The first-order valence-electron chi connectivity index (χ1n) is 8.16. The number of hydrogen-bond acceptors (Lipinski definition) is 4. The Bertz CT molecular complexity index is 991. The van der Waals surface area contributed by atoms with Gasteiger partial charge in [-0.05, 0) is 23.8 Å². The molecule has 142 valence electrons. The maximum absolute atomic E-state index is 12.6. The highest BCUT2D eigenvalue weighted by atomic mass is 35.5. The van der Waals surface area contributed by atoms with Crippen molar-refractivity contribution in [3.8, 4) is 0 Å². The van der Waals surface area contributed by atoms with Crippen LogP contribution in [-0.4, -0.2) is 27.6 Å². The van der Waals surface area contributed by atoms with Crippen LogP contribution in [0.1, 0.15) is 5.56 Å². The van der Waals surface area contributed by atoms with E-state index in [1.54, 1.807) is 30.4 Å². The molecule has 4 nitrogen and oxygen atoms in total. The summed E-state index contributed by atoms with van der Waals surface area (Å²) < 4.78 is 0.330. The van der Waals surface area contributed by atoms with Crippen molar-refractivity contribution < 1.29 is 9.59 Å². The number of carbonyl (C=O) groups excluding carboxylic acids is 2. The van der Waals surface area contributed by atoms with Gasteiger partial charge in [0, 0.05) is 0 Å². The van der Waals surface area contributed by atoms with Gasteiger partial charge in [-0.1, -0.05) is 95.7 Å². The molecule has 0 spiro atoms. The lowest BCUT2D eigenvalue weighted by atomic mass is 10.2. The summed E-state index contributed by atoms with van der Waals surface area (Å²) in [5.41, 5.74) is 1.40. The normalized spacial score (nSPS) is 15.6. The zero-order chi connectivity index (χ0) is 20.1. The van der Waals surface area contributed by atoms with Gasteiger partial charge < -0.3 is 5.32 Å². The quantitative estimate of drug-likeness (QED) is 0.491. The molecule has 28 heavy (non-hydrogen) atoms. The van der Waals surface area contributed by atoms with Gasteiger partial charge in [-0.3, -0.25) is 14.5 Å². The largest absolute Gasteiger partial charge is 0.323 e. The Kier molecular flexibility index (Phi) is 6.91. The predicted octanol–water partition coefficient (Wildman–Crippen LogP) is 5.39. The molecule has 8 heteroatoms. The molecule has 1 heterocycles. The molecule has 2 amide bonds. The third kappa shape index (κ3) is 5.02. The highest BCUT2D eigenvalue weighted by molar-refractivity contribution is 8.26. The SMILES string of the molecule is O=C(CN1C(=O)/C(=C/C=C/c2ccccc2)SC1=S)Nc1cccc(Cl)c1Cl. The summed E-state index contributed by atoms with van der Waals surface area (Å²) in [4.78, 5) is 26.6. The highest BCUT2D eigenvalue weighted by Crippen LogP contribution is 2.32. The van der Waals surface area contributed by atoms with Gasteiger partial charge in [0.05, 0.1) is 20.6 Å². The number of carbonyl (C=O) groups is 2. The van der Waals surface area contributed by atoms with Crippen molar-refractivity contribution in [1.29, 1.82) is 0 Å². The molecule has 0 aliphatic carbocycles. The maximum Gasteiger partial charge on any atom is 0.266 e. The summed E-state index contributed by atoms with van der Waals surface area (Å²) in [6.07, 6.45) is 5.37. The molecule has 2 aromatic carbocycles. The van der Waals surface area contributed by atoms with E-state index >= 15 is 0 Å². The fourth-order valence-corrected chi connectivity index (χ4v) is 3.95. The van der Waals surface area contributed by atoms with Crippen LogP contribution in [0.15, 0.2) is 65.6 Å². The number of nitrogens with zero attached hydrogens (tertiary/aromatic N) is 1. The number of thiocarbonyl (C=S) groups is 1. The zero-order valence-electron chi connectivity index (χ0n) is 14.4. The number of benzene rings is 2. The standard InChI is InChI=1S/C20H14Cl2N2O2S2/c21-14-9-5-10-15(18(14)22)23-17(25)12-24-19(26)16(28-20(24)27)11-4-8-13-6-2-1-3-7-13/h1-11H,12H2,(H,23,25)/b8-4+,16-11-. The van der Waals surface area contributed by atoms with E-state index < -0.39 is 5.91 Å². The van der Waals surface area contributed by atoms with Crippen molar-refractivity contribution in [2.75, 3.05) is 11.9 Å². The van der Waals surface area contributed by atoms with Crippen LogP contribution in [0.5, 0.6) is 0 Å². The Morgan fingerprint density at radius 1 is 1.14 bits per heavy atom. The number of nitrogens with one attached hydrogen (secondary N) is 1. The van der Waals surface area contributed by atoms with Crippen LogP contribution in [0, 0.1) is 0 Å². The molecule has 0 radical (unpaired) electrons. The van der Waals surface area contributed by atoms with Crippen LogP contribution >= 0.6 is 47.2 Å².